The van der Waals surface area contributed by atoms with Gasteiger partial charge in [-0.15, -0.1) is 0 Å². The minimum atomic E-state index is 0.260. The molecule has 1 unspecified atom stereocenters. The standard InChI is InChI=1S/C19H25N3O/c1-5-7-8-14(6-2)15(9-11-20-3)16-13-22-19-18(16)17(23-4)10-12-21-19/h5-8,10,12-13,15,20H,1,9,11H2,2-4H3,(H,21,22)/b8-7-,14-6+. The van der Waals surface area contributed by atoms with E-state index in [1.807, 2.05) is 25.4 Å². The Morgan fingerprint density at radius 3 is 3.00 bits per heavy atom. The van der Waals surface area contributed by atoms with Crippen molar-refractivity contribution in [3.8, 4) is 5.75 Å². The summed E-state index contributed by atoms with van der Waals surface area (Å²) in [5, 5.41) is 4.30. The number of pyridine rings is 1. The van der Waals surface area contributed by atoms with Gasteiger partial charge >= 0.3 is 0 Å². The highest BCUT2D eigenvalue weighted by Gasteiger charge is 2.20. The molecule has 1 atom stereocenters. The van der Waals surface area contributed by atoms with Crippen LogP contribution in [0.15, 0.2) is 54.9 Å². The van der Waals surface area contributed by atoms with Gasteiger partial charge in [0, 0.05) is 18.3 Å². The Bertz CT molecular complexity index is 712. The summed E-state index contributed by atoms with van der Waals surface area (Å²) in [6.07, 6.45) is 12.9. The molecule has 0 spiro atoms. The summed E-state index contributed by atoms with van der Waals surface area (Å²) in [5.41, 5.74) is 3.32. The van der Waals surface area contributed by atoms with Gasteiger partial charge in [-0.05, 0) is 44.1 Å². The number of hydrogen-bond acceptors (Lipinski definition) is 3. The highest BCUT2D eigenvalue weighted by Crippen LogP contribution is 2.37. The van der Waals surface area contributed by atoms with Crippen LogP contribution in [0.25, 0.3) is 11.0 Å². The molecule has 2 N–H and O–H groups in total. The van der Waals surface area contributed by atoms with Gasteiger partial charge in [0.25, 0.3) is 0 Å². The molecule has 0 aliphatic carbocycles. The molecule has 4 heteroatoms. The number of hydrogen-bond donors (Lipinski definition) is 2. The Kier molecular flexibility index (Phi) is 6.18. The SMILES string of the molecule is C=C/C=C\C(=C/C)C(CCNC)c1c[nH]c2nccc(OC)c12. The zero-order chi connectivity index (χ0) is 16.7. The van der Waals surface area contributed by atoms with Gasteiger partial charge in [-0.1, -0.05) is 30.9 Å². The lowest BCUT2D eigenvalue weighted by Gasteiger charge is -2.18. The van der Waals surface area contributed by atoms with Crippen molar-refractivity contribution in [1.29, 1.82) is 0 Å². The molecule has 2 aromatic rings. The molecule has 0 saturated carbocycles. The van der Waals surface area contributed by atoms with Crippen molar-refractivity contribution in [3.05, 3.63) is 60.5 Å². The van der Waals surface area contributed by atoms with Gasteiger partial charge in [-0.2, -0.15) is 0 Å². The number of rotatable bonds is 8. The first kappa shape index (κ1) is 17.0. The molecule has 0 aromatic carbocycles. The molecule has 2 heterocycles. The third-order valence-electron chi connectivity index (χ3n) is 4.00. The quantitative estimate of drug-likeness (QED) is 0.726. The van der Waals surface area contributed by atoms with E-state index in [0.29, 0.717) is 0 Å². The van der Waals surface area contributed by atoms with E-state index in [4.69, 9.17) is 4.74 Å². The number of H-pyrrole nitrogens is 1. The summed E-state index contributed by atoms with van der Waals surface area (Å²) in [5.74, 6) is 1.11. The van der Waals surface area contributed by atoms with Gasteiger partial charge in [0.2, 0.25) is 0 Å². The second-order valence-electron chi connectivity index (χ2n) is 5.31. The fourth-order valence-corrected chi connectivity index (χ4v) is 2.88. The van der Waals surface area contributed by atoms with Crippen LogP contribution in [0.1, 0.15) is 24.8 Å². The Labute approximate surface area is 138 Å². The van der Waals surface area contributed by atoms with E-state index in [2.05, 4.69) is 40.9 Å². The highest BCUT2D eigenvalue weighted by atomic mass is 16.5. The Morgan fingerprint density at radius 2 is 2.35 bits per heavy atom. The molecule has 2 aromatic heterocycles. The van der Waals surface area contributed by atoms with E-state index in [1.165, 1.54) is 11.1 Å². The van der Waals surface area contributed by atoms with E-state index in [9.17, 15) is 0 Å². The van der Waals surface area contributed by atoms with E-state index in [1.54, 1.807) is 19.4 Å². The molecule has 122 valence electrons. The molecular weight excluding hydrogens is 286 g/mol. The lowest BCUT2D eigenvalue weighted by molar-refractivity contribution is 0.419. The fourth-order valence-electron chi connectivity index (χ4n) is 2.88. The lowest BCUT2D eigenvalue weighted by atomic mass is 9.87. The molecule has 0 aliphatic heterocycles. The number of aromatic nitrogens is 2. The molecule has 0 amide bonds. The molecule has 23 heavy (non-hydrogen) atoms. The Hall–Kier alpha value is -2.33. The number of ether oxygens (including phenoxy) is 1. The van der Waals surface area contributed by atoms with Gasteiger partial charge in [-0.3, -0.25) is 0 Å². The highest BCUT2D eigenvalue weighted by molar-refractivity contribution is 5.87. The average molecular weight is 311 g/mol. The predicted molar refractivity (Wildman–Crippen MR) is 97.0 cm³/mol. The molecule has 0 radical (unpaired) electrons. The van der Waals surface area contributed by atoms with E-state index in [-0.39, 0.29) is 5.92 Å². The zero-order valence-electron chi connectivity index (χ0n) is 14.1. The van der Waals surface area contributed by atoms with Crippen molar-refractivity contribution in [2.24, 2.45) is 0 Å². The topological polar surface area (TPSA) is 49.9 Å². The summed E-state index contributed by atoms with van der Waals surface area (Å²) in [7, 11) is 3.67. The normalized spacial score (nSPS) is 13.6. The maximum Gasteiger partial charge on any atom is 0.141 e. The molecule has 0 fully saturated rings. The van der Waals surface area contributed by atoms with Crippen molar-refractivity contribution in [3.63, 3.8) is 0 Å². The van der Waals surface area contributed by atoms with Crippen LogP contribution in [0, 0.1) is 0 Å². The maximum absolute atomic E-state index is 5.55. The third kappa shape index (κ3) is 3.71. The second kappa shape index (κ2) is 8.34. The third-order valence-corrected chi connectivity index (χ3v) is 4.00. The molecule has 0 bridgehead atoms. The number of allylic oxidation sites excluding steroid dienone is 5. The van der Waals surface area contributed by atoms with Gasteiger partial charge < -0.3 is 15.0 Å². The van der Waals surface area contributed by atoms with Crippen molar-refractivity contribution >= 4 is 11.0 Å². The summed E-state index contributed by atoms with van der Waals surface area (Å²) in [4.78, 5) is 7.69. The summed E-state index contributed by atoms with van der Waals surface area (Å²) >= 11 is 0. The molecule has 2 rings (SSSR count). The minimum absolute atomic E-state index is 0.260. The largest absolute Gasteiger partial charge is 0.496 e. The van der Waals surface area contributed by atoms with Crippen molar-refractivity contribution < 1.29 is 4.74 Å². The van der Waals surface area contributed by atoms with Crippen LogP contribution in [0.5, 0.6) is 5.75 Å². The van der Waals surface area contributed by atoms with Crippen LogP contribution in [0.2, 0.25) is 0 Å². The van der Waals surface area contributed by atoms with Crippen LogP contribution in [-0.4, -0.2) is 30.7 Å². The zero-order valence-corrected chi connectivity index (χ0v) is 14.1. The Morgan fingerprint density at radius 1 is 1.52 bits per heavy atom. The van der Waals surface area contributed by atoms with Crippen LogP contribution in [0.4, 0.5) is 0 Å². The minimum Gasteiger partial charge on any atom is -0.496 e. The molecular formula is C19H25N3O. The van der Waals surface area contributed by atoms with Crippen molar-refractivity contribution in [2.45, 2.75) is 19.3 Å². The van der Waals surface area contributed by atoms with Crippen LogP contribution >= 0.6 is 0 Å². The number of methoxy groups -OCH3 is 1. The number of nitrogens with one attached hydrogen (secondary N) is 2. The number of aromatic amines is 1. The van der Waals surface area contributed by atoms with Crippen molar-refractivity contribution in [2.75, 3.05) is 20.7 Å². The molecule has 0 saturated heterocycles. The molecule has 0 aliphatic rings. The lowest BCUT2D eigenvalue weighted by Crippen LogP contribution is -2.13. The summed E-state index contributed by atoms with van der Waals surface area (Å²) < 4.78 is 5.55. The first-order chi connectivity index (χ1) is 11.3. The van der Waals surface area contributed by atoms with E-state index >= 15 is 0 Å². The first-order valence-electron chi connectivity index (χ1n) is 7.86. The number of fused-ring (bicyclic) bond motifs is 1. The maximum atomic E-state index is 5.55. The van der Waals surface area contributed by atoms with Crippen LogP contribution in [-0.2, 0) is 0 Å². The van der Waals surface area contributed by atoms with E-state index < -0.39 is 0 Å². The van der Waals surface area contributed by atoms with Gasteiger partial charge in [0.1, 0.15) is 11.4 Å². The molecule has 4 nitrogen and oxygen atoms in total. The van der Waals surface area contributed by atoms with Gasteiger partial charge in [-0.25, -0.2) is 4.98 Å². The van der Waals surface area contributed by atoms with Crippen LogP contribution < -0.4 is 10.1 Å². The number of nitrogens with zero attached hydrogens (tertiary/aromatic N) is 1. The van der Waals surface area contributed by atoms with Crippen LogP contribution in [0.3, 0.4) is 0 Å². The Balaban J connectivity index is 2.55. The van der Waals surface area contributed by atoms with Gasteiger partial charge in [0.15, 0.2) is 0 Å². The summed E-state index contributed by atoms with van der Waals surface area (Å²) in [6, 6.07) is 1.91. The average Bonchev–Trinajstić information content (AvgIpc) is 3.01. The smallest absolute Gasteiger partial charge is 0.141 e. The van der Waals surface area contributed by atoms with Crippen molar-refractivity contribution in [1.82, 2.24) is 15.3 Å². The predicted octanol–water partition coefficient (Wildman–Crippen LogP) is 3.95. The first-order valence-corrected chi connectivity index (χ1v) is 7.86. The van der Waals surface area contributed by atoms with Gasteiger partial charge in [0.05, 0.1) is 12.5 Å². The fraction of sp³-hybridized carbons (Fsp3) is 0.316. The van der Waals surface area contributed by atoms with E-state index in [0.717, 1.165) is 29.7 Å². The summed E-state index contributed by atoms with van der Waals surface area (Å²) in [6.45, 7) is 6.76. The second-order valence-corrected chi connectivity index (χ2v) is 5.31. The monoisotopic (exact) mass is 311 g/mol.